The van der Waals surface area contributed by atoms with Gasteiger partial charge in [0.15, 0.2) is 11.6 Å². The van der Waals surface area contributed by atoms with Gasteiger partial charge < -0.3 is 20.4 Å². The van der Waals surface area contributed by atoms with Crippen LogP contribution in [0, 0.1) is 5.82 Å². The highest BCUT2D eigenvalue weighted by atomic mass is 19.1. The van der Waals surface area contributed by atoms with Gasteiger partial charge in [-0.3, -0.25) is 0 Å². The van der Waals surface area contributed by atoms with Crippen LogP contribution in [0.4, 0.5) is 4.39 Å². The molecule has 1 rings (SSSR count). The normalized spacial score (nSPS) is 13.9. The fourth-order valence-electron chi connectivity index (χ4n) is 2.38. The molecule has 0 spiro atoms. The van der Waals surface area contributed by atoms with E-state index in [-0.39, 0.29) is 19.0 Å². The van der Waals surface area contributed by atoms with Gasteiger partial charge in [0.25, 0.3) is 0 Å². The van der Waals surface area contributed by atoms with Gasteiger partial charge in [0, 0.05) is 0 Å². The molecule has 0 aliphatic rings. The van der Waals surface area contributed by atoms with Crippen LogP contribution in [0.25, 0.3) is 6.08 Å². The Morgan fingerprint density at radius 1 is 1.33 bits per heavy atom. The van der Waals surface area contributed by atoms with E-state index in [0.717, 1.165) is 12.0 Å². The molecule has 0 amide bonds. The lowest BCUT2D eigenvalue weighted by molar-refractivity contribution is 0.197. The quantitative estimate of drug-likeness (QED) is 0.523. The first-order chi connectivity index (χ1) is 11.4. The van der Waals surface area contributed by atoms with Crippen molar-refractivity contribution in [3.05, 3.63) is 59.0 Å². The van der Waals surface area contributed by atoms with Crippen molar-refractivity contribution < 1.29 is 24.8 Å². The second-order valence-corrected chi connectivity index (χ2v) is 5.53. The predicted molar refractivity (Wildman–Crippen MR) is 93.0 cm³/mol. The maximum atomic E-state index is 13.4. The zero-order valence-corrected chi connectivity index (χ0v) is 13.9. The molecule has 0 radical (unpaired) electrons. The predicted octanol–water partition coefficient (Wildman–Crippen LogP) is 2.93. The second-order valence-electron chi connectivity index (χ2n) is 5.53. The Balaban J connectivity index is 2.81. The van der Waals surface area contributed by atoms with Crippen LogP contribution in [0.2, 0.25) is 0 Å². The SMILES string of the molecule is C=C(CO)/C(=C/CO)C(O)CC/C(=C/c1ccc(O)c(F)c1)CC. The lowest BCUT2D eigenvalue weighted by atomic mass is 9.95. The number of rotatable bonds is 9. The molecule has 1 atom stereocenters. The third kappa shape index (κ3) is 5.92. The largest absolute Gasteiger partial charge is 0.505 e. The highest BCUT2D eigenvalue weighted by molar-refractivity contribution is 5.54. The number of phenols is 1. The summed E-state index contributed by atoms with van der Waals surface area (Å²) >= 11 is 0. The number of hydrogen-bond acceptors (Lipinski definition) is 4. The van der Waals surface area contributed by atoms with Crippen molar-refractivity contribution in [3.63, 3.8) is 0 Å². The average Bonchev–Trinajstić information content (AvgIpc) is 2.58. The highest BCUT2D eigenvalue weighted by Crippen LogP contribution is 2.23. The van der Waals surface area contributed by atoms with Gasteiger partial charge in [-0.2, -0.15) is 0 Å². The number of hydrogen-bond donors (Lipinski definition) is 4. The molecule has 0 aromatic heterocycles. The summed E-state index contributed by atoms with van der Waals surface area (Å²) < 4.78 is 13.4. The number of phenolic OH excluding ortho intramolecular Hbond substituents is 1. The summed E-state index contributed by atoms with van der Waals surface area (Å²) in [5, 5.41) is 37.6. The summed E-state index contributed by atoms with van der Waals surface area (Å²) in [6.07, 6.45) is 4.12. The van der Waals surface area contributed by atoms with Crippen molar-refractivity contribution in [1.82, 2.24) is 0 Å². The third-order valence-electron chi connectivity index (χ3n) is 3.80. The van der Waals surface area contributed by atoms with Gasteiger partial charge in [0.1, 0.15) is 0 Å². The Labute approximate surface area is 141 Å². The Morgan fingerprint density at radius 3 is 2.58 bits per heavy atom. The molecule has 1 unspecified atom stereocenters. The molecular weight excluding hydrogens is 311 g/mol. The van der Waals surface area contributed by atoms with E-state index in [2.05, 4.69) is 6.58 Å². The molecule has 0 fully saturated rings. The van der Waals surface area contributed by atoms with Gasteiger partial charge in [0.2, 0.25) is 0 Å². The fourth-order valence-corrected chi connectivity index (χ4v) is 2.38. The second kappa shape index (κ2) is 10.0. The van der Waals surface area contributed by atoms with Crippen LogP contribution < -0.4 is 0 Å². The van der Waals surface area contributed by atoms with E-state index >= 15 is 0 Å². The zero-order chi connectivity index (χ0) is 18.1. The molecule has 4 nitrogen and oxygen atoms in total. The Hall–Kier alpha value is -1.95. The molecule has 0 saturated carbocycles. The standard InChI is InChI=1S/C19H25FO4/c1-3-14(10-15-5-7-19(24)17(20)11-15)4-6-18(23)16(8-9-21)13(2)12-22/h5,7-8,10-11,18,21-24H,2-4,6,9,12H2,1H3/b14-10+,16-8-. The number of aromatic hydroxyl groups is 1. The molecule has 132 valence electrons. The van der Waals surface area contributed by atoms with Crippen LogP contribution in [0.5, 0.6) is 5.75 Å². The molecule has 0 heterocycles. The van der Waals surface area contributed by atoms with Crippen LogP contribution in [-0.2, 0) is 0 Å². The van der Waals surface area contributed by atoms with Gasteiger partial charge in [0.05, 0.1) is 19.3 Å². The molecule has 0 bridgehead atoms. The molecule has 5 heteroatoms. The molecule has 0 aliphatic heterocycles. The van der Waals surface area contributed by atoms with Crippen molar-refractivity contribution >= 4 is 6.08 Å². The lowest BCUT2D eigenvalue weighted by Gasteiger charge is -2.17. The van der Waals surface area contributed by atoms with E-state index in [1.54, 1.807) is 6.07 Å². The average molecular weight is 336 g/mol. The first-order valence-corrected chi connectivity index (χ1v) is 7.88. The van der Waals surface area contributed by atoms with Crippen LogP contribution in [-0.4, -0.2) is 39.7 Å². The Morgan fingerprint density at radius 2 is 2.04 bits per heavy atom. The van der Waals surface area contributed by atoms with Gasteiger partial charge in [-0.25, -0.2) is 4.39 Å². The number of halogens is 1. The van der Waals surface area contributed by atoms with Crippen molar-refractivity contribution in [1.29, 1.82) is 0 Å². The van der Waals surface area contributed by atoms with Crippen molar-refractivity contribution in [3.8, 4) is 5.75 Å². The number of allylic oxidation sites excluding steroid dienone is 1. The van der Waals surface area contributed by atoms with Crippen molar-refractivity contribution in [2.24, 2.45) is 0 Å². The molecule has 0 aliphatic carbocycles. The Bertz CT molecular complexity index is 620. The van der Waals surface area contributed by atoms with Crippen LogP contribution >= 0.6 is 0 Å². The van der Waals surface area contributed by atoms with E-state index < -0.39 is 11.9 Å². The summed E-state index contributed by atoms with van der Waals surface area (Å²) in [5.41, 5.74) is 2.46. The maximum absolute atomic E-state index is 13.4. The number of aliphatic hydroxyl groups excluding tert-OH is 3. The molecule has 0 saturated heterocycles. The first kappa shape index (κ1) is 20.1. The molecule has 1 aromatic carbocycles. The molecule has 24 heavy (non-hydrogen) atoms. The number of aliphatic hydroxyl groups is 3. The summed E-state index contributed by atoms with van der Waals surface area (Å²) in [5.74, 6) is -1.06. The molecular formula is C19H25FO4. The summed E-state index contributed by atoms with van der Waals surface area (Å²) in [6.45, 7) is 5.11. The summed E-state index contributed by atoms with van der Waals surface area (Å²) in [6, 6.07) is 4.18. The minimum Gasteiger partial charge on any atom is -0.505 e. The highest BCUT2D eigenvalue weighted by Gasteiger charge is 2.14. The maximum Gasteiger partial charge on any atom is 0.165 e. The summed E-state index contributed by atoms with van der Waals surface area (Å²) in [4.78, 5) is 0. The van der Waals surface area contributed by atoms with E-state index in [1.165, 1.54) is 18.2 Å². The number of benzene rings is 1. The van der Waals surface area contributed by atoms with Crippen molar-refractivity contribution in [2.45, 2.75) is 32.3 Å². The smallest absolute Gasteiger partial charge is 0.165 e. The topological polar surface area (TPSA) is 80.9 Å². The van der Waals surface area contributed by atoms with Crippen LogP contribution in [0.3, 0.4) is 0 Å². The molecule has 4 N–H and O–H groups in total. The van der Waals surface area contributed by atoms with E-state index in [9.17, 15) is 14.6 Å². The fraction of sp³-hybridized carbons (Fsp3) is 0.368. The minimum absolute atomic E-state index is 0.241. The lowest BCUT2D eigenvalue weighted by Crippen LogP contribution is -2.14. The van der Waals surface area contributed by atoms with Gasteiger partial charge >= 0.3 is 0 Å². The van der Waals surface area contributed by atoms with E-state index in [4.69, 9.17) is 10.2 Å². The third-order valence-corrected chi connectivity index (χ3v) is 3.80. The van der Waals surface area contributed by atoms with Crippen molar-refractivity contribution in [2.75, 3.05) is 13.2 Å². The van der Waals surface area contributed by atoms with Gasteiger partial charge in [-0.1, -0.05) is 37.3 Å². The van der Waals surface area contributed by atoms with Crippen LogP contribution in [0.1, 0.15) is 31.7 Å². The van der Waals surface area contributed by atoms with E-state index in [0.29, 0.717) is 29.6 Å². The summed E-state index contributed by atoms with van der Waals surface area (Å²) in [7, 11) is 0. The van der Waals surface area contributed by atoms with Gasteiger partial charge in [-0.05, 0) is 48.1 Å². The first-order valence-electron chi connectivity index (χ1n) is 7.88. The van der Waals surface area contributed by atoms with E-state index in [1.807, 2.05) is 13.0 Å². The van der Waals surface area contributed by atoms with Crippen LogP contribution in [0.15, 0.2) is 47.6 Å². The molecule has 1 aromatic rings. The Kier molecular flexibility index (Phi) is 8.40. The monoisotopic (exact) mass is 336 g/mol. The van der Waals surface area contributed by atoms with Gasteiger partial charge in [-0.15, -0.1) is 0 Å². The minimum atomic E-state index is -0.844. The zero-order valence-electron chi connectivity index (χ0n) is 13.9.